The Morgan fingerprint density at radius 3 is 1.31 bits per heavy atom. The van der Waals surface area contributed by atoms with Crippen LogP contribution in [0.5, 0.6) is 0 Å². The van der Waals surface area contributed by atoms with Crippen molar-refractivity contribution < 1.29 is 26.5 Å². The zero-order valence-corrected chi connectivity index (χ0v) is 22.1. The second kappa shape index (κ2) is 16.7. The summed E-state index contributed by atoms with van der Waals surface area (Å²) in [6, 6.07) is 42.5. The molecule has 1 fully saturated rings. The topological polar surface area (TPSA) is 49.0 Å². The van der Waals surface area contributed by atoms with E-state index in [2.05, 4.69) is 103 Å². The average Bonchev–Trinajstić information content (AvgIpc) is 3.57. The normalized spacial score (nSPS) is 12.8. The first-order valence-corrected chi connectivity index (χ1v) is 12.6. The van der Waals surface area contributed by atoms with E-state index >= 15 is 0 Å². The van der Waals surface area contributed by atoms with Gasteiger partial charge in [0.1, 0.15) is 15.9 Å². The van der Waals surface area contributed by atoms with Crippen molar-refractivity contribution in [3.05, 3.63) is 134 Å². The van der Waals surface area contributed by atoms with Crippen LogP contribution in [-0.4, -0.2) is 12.5 Å². The van der Waals surface area contributed by atoms with Gasteiger partial charge in [0, 0.05) is 17.1 Å². The smallest absolute Gasteiger partial charge is 0.102 e. The van der Waals surface area contributed by atoms with Gasteiger partial charge in [0.25, 0.3) is 0 Å². The predicted molar refractivity (Wildman–Crippen MR) is 144 cm³/mol. The molecule has 5 heteroatoms. The number of carbonyl (C=O) groups excluding carboxylic acids is 1. The molecule has 35 heavy (non-hydrogen) atoms. The van der Waals surface area contributed by atoms with Crippen molar-refractivity contribution in [1.29, 1.82) is 0 Å². The molecule has 1 aliphatic rings. The van der Waals surface area contributed by atoms with Gasteiger partial charge in [-0.25, -0.2) is 12.1 Å². The van der Waals surface area contributed by atoms with E-state index in [-0.39, 0.29) is 28.4 Å². The van der Waals surface area contributed by atoms with Crippen LogP contribution in [0, 0.1) is 18.5 Å². The van der Waals surface area contributed by atoms with Crippen LogP contribution in [0.15, 0.2) is 121 Å². The van der Waals surface area contributed by atoms with Gasteiger partial charge in [0.15, 0.2) is 5.91 Å². The van der Waals surface area contributed by atoms with Crippen molar-refractivity contribution in [2.45, 2.75) is 13.8 Å². The van der Waals surface area contributed by atoms with Crippen molar-refractivity contribution in [2.24, 2.45) is 5.41 Å². The molecule has 0 bridgehead atoms. The van der Waals surface area contributed by atoms with Gasteiger partial charge in [-0.1, -0.05) is 73.9 Å². The fraction of sp³-hybridized carbons (Fsp3) is 0.133. The van der Waals surface area contributed by atoms with Gasteiger partial charge < -0.3 is 5.32 Å². The molecule has 0 saturated carbocycles. The standard InChI is InChI=1S/C18H15P.C6H10NO.C5H5.CO.Fe/c1-4-10-16(11-5-1)19(17-12-6-2-7-13-17)18-14-8-3-9-15-18;1-6(2)3-4-7-5(6)8;1-2-4-5-3-1;1-2;/h1-15H;3H,4H2,1-2H3,(H,7,8);1-5H;;/q;2*-1;;/p+1. The third-order valence-electron chi connectivity index (χ3n) is 5.20. The van der Waals surface area contributed by atoms with Crippen LogP contribution in [0.2, 0.25) is 0 Å². The van der Waals surface area contributed by atoms with Gasteiger partial charge in [0.2, 0.25) is 0 Å². The molecule has 0 aromatic heterocycles. The van der Waals surface area contributed by atoms with Gasteiger partial charge in [-0.05, 0) is 36.4 Å². The van der Waals surface area contributed by atoms with E-state index in [1.807, 2.05) is 50.6 Å². The number of benzene rings is 3. The second-order valence-electron chi connectivity index (χ2n) is 8.07. The molecule has 0 atom stereocenters. The first-order valence-electron chi connectivity index (χ1n) is 11.1. The maximum Gasteiger partial charge on any atom is 0.102 e. The molecular formula is C30H31FeNO2P-. The predicted octanol–water partition coefficient (Wildman–Crippen LogP) is 4.89. The van der Waals surface area contributed by atoms with Gasteiger partial charge in [0.05, 0.1) is 7.92 Å². The summed E-state index contributed by atoms with van der Waals surface area (Å²) in [4.78, 5) is 10.8. The Morgan fingerprint density at radius 1 is 0.743 bits per heavy atom. The minimum Gasteiger partial charge on any atom is -0.214 e. The zero-order chi connectivity index (χ0) is 24.7. The maximum atomic E-state index is 10.8. The Bertz CT molecular complexity index is 971. The van der Waals surface area contributed by atoms with Crippen LogP contribution < -0.4 is 21.2 Å². The first kappa shape index (κ1) is 30.2. The third-order valence-corrected chi connectivity index (χ3v) is 7.94. The molecule has 1 heterocycles. The first-order chi connectivity index (χ1) is 16.6. The molecule has 1 saturated heterocycles. The fourth-order valence-electron chi connectivity index (χ4n) is 3.35. The van der Waals surface area contributed by atoms with E-state index in [0.29, 0.717) is 0 Å². The van der Waals surface area contributed by atoms with E-state index in [4.69, 9.17) is 4.65 Å². The SMILES string of the molecule is CC1(C)[CH-]CNC1=O.[C-]#[O+].[Fe].c1cc[cH-]c1.c1ccc([PH+](c2ccccc2)c2ccccc2)cc1. The molecule has 0 unspecified atom stereocenters. The van der Waals surface area contributed by atoms with Crippen LogP contribution in [0.1, 0.15) is 13.8 Å². The zero-order valence-electron chi connectivity index (χ0n) is 20.0. The van der Waals surface area contributed by atoms with Crippen LogP contribution >= 0.6 is 7.92 Å². The quantitative estimate of drug-likeness (QED) is 0.177. The molecule has 1 aliphatic heterocycles. The van der Waals surface area contributed by atoms with Gasteiger partial charge in [-0.2, -0.15) is 18.2 Å². The average molecular weight is 524 g/mol. The minimum absolute atomic E-state index is 0. The maximum absolute atomic E-state index is 10.8. The Labute approximate surface area is 221 Å². The molecule has 4 aromatic carbocycles. The van der Waals surface area contributed by atoms with Crippen LogP contribution in [0.3, 0.4) is 0 Å². The van der Waals surface area contributed by atoms with Gasteiger partial charge in [-0.3, -0.25) is 11.2 Å². The molecule has 0 spiro atoms. The van der Waals surface area contributed by atoms with Crippen molar-refractivity contribution in [3.8, 4) is 0 Å². The van der Waals surface area contributed by atoms with E-state index in [1.165, 1.54) is 15.9 Å². The van der Waals surface area contributed by atoms with Crippen LogP contribution in [-0.2, 0) is 26.5 Å². The van der Waals surface area contributed by atoms with E-state index in [9.17, 15) is 4.79 Å². The summed E-state index contributed by atoms with van der Waals surface area (Å²) >= 11 is 0. The summed E-state index contributed by atoms with van der Waals surface area (Å²) < 4.78 is 7.50. The number of amides is 1. The Hall–Kier alpha value is -2.83. The summed E-state index contributed by atoms with van der Waals surface area (Å²) in [5, 5.41) is 7.02. The van der Waals surface area contributed by atoms with Crippen LogP contribution in [0.25, 0.3) is 0 Å². The molecule has 182 valence electrons. The number of hydrogen-bond donors (Lipinski definition) is 1. The summed E-state index contributed by atoms with van der Waals surface area (Å²) in [5.41, 5.74) is -0.222. The third kappa shape index (κ3) is 10.1. The van der Waals surface area contributed by atoms with Gasteiger partial charge in [-0.15, -0.1) is 6.54 Å². The Morgan fingerprint density at radius 2 is 1.11 bits per heavy atom. The number of rotatable bonds is 3. The molecule has 1 N–H and O–H groups in total. The fourth-order valence-corrected chi connectivity index (χ4v) is 5.93. The summed E-state index contributed by atoms with van der Waals surface area (Å²) in [6.07, 6.45) is 1.98. The number of carbonyl (C=O) groups is 1. The molecule has 5 rings (SSSR count). The largest absolute Gasteiger partial charge is 0.214 e. The molecule has 0 radical (unpaired) electrons. The minimum atomic E-state index is -0.877. The van der Waals surface area contributed by atoms with E-state index < -0.39 is 7.92 Å². The summed E-state index contributed by atoms with van der Waals surface area (Å²) in [6.45, 7) is 9.05. The molecule has 1 amide bonds. The molecule has 4 aromatic rings. The second-order valence-corrected chi connectivity index (χ2v) is 10.6. The molecular weight excluding hydrogens is 493 g/mol. The van der Waals surface area contributed by atoms with Crippen molar-refractivity contribution in [1.82, 2.24) is 5.32 Å². The Kier molecular flexibility index (Phi) is 14.4. The monoisotopic (exact) mass is 524 g/mol. The molecule has 3 nitrogen and oxygen atoms in total. The van der Waals surface area contributed by atoms with Crippen molar-refractivity contribution in [2.75, 3.05) is 6.54 Å². The number of nitrogens with one attached hydrogen (secondary N) is 1. The van der Waals surface area contributed by atoms with Crippen LogP contribution in [0.4, 0.5) is 0 Å². The Balaban J connectivity index is 0.000000316. The number of hydrogen-bond acceptors (Lipinski definition) is 1. The van der Waals surface area contributed by atoms with Gasteiger partial charge >= 0.3 is 11.3 Å². The summed E-state index contributed by atoms with van der Waals surface area (Å²) in [7, 11) is -0.877. The van der Waals surface area contributed by atoms with E-state index in [1.54, 1.807) is 0 Å². The van der Waals surface area contributed by atoms with Crippen molar-refractivity contribution in [3.63, 3.8) is 0 Å². The summed E-state index contributed by atoms with van der Waals surface area (Å²) in [5.74, 6) is 0.137. The molecule has 0 aliphatic carbocycles. The van der Waals surface area contributed by atoms with E-state index in [0.717, 1.165) is 6.54 Å². The van der Waals surface area contributed by atoms with Crippen molar-refractivity contribution >= 4 is 29.7 Å².